The van der Waals surface area contributed by atoms with Crippen molar-refractivity contribution >= 4 is 51.9 Å². The van der Waals surface area contributed by atoms with E-state index in [1.54, 1.807) is 0 Å². The van der Waals surface area contributed by atoms with Crippen molar-refractivity contribution in [2.75, 3.05) is 18.1 Å². The molecule has 0 spiro atoms. The van der Waals surface area contributed by atoms with Gasteiger partial charge in [-0.05, 0) is 31.2 Å². The topological polar surface area (TPSA) is 89.0 Å². The number of ether oxygens (including phenoxy) is 2. The van der Waals surface area contributed by atoms with Crippen LogP contribution in [0.25, 0.3) is 10.9 Å². The average Bonchev–Trinajstić information content (AvgIpc) is 3.06. The molecule has 1 fully saturated rings. The number of aryl methyl sites for hydroxylation is 1. The van der Waals surface area contributed by atoms with Crippen molar-refractivity contribution in [1.82, 2.24) is 4.98 Å². The standard InChI is InChI=1S/C21H16Cl2N2O5/c1-11-2-4-13(5-3-11)25-9-14(30-21(25)28)10-29-18-8-17(20(26)27)24-16-7-12(22)6-15(23)19(16)18/h2-8,14H,9-10H2,1H3,(H,26,27). The van der Waals surface area contributed by atoms with Gasteiger partial charge in [-0.25, -0.2) is 14.6 Å². The van der Waals surface area contributed by atoms with Gasteiger partial charge < -0.3 is 14.6 Å². The van der Waals surface area contributed by atoms with E-state index in [-0.39, 0.29) is 23.1 Å². The van der Waals surface area contributed by atoms with Crippen molar-refractivity contribution in [2.45, 2.75) is 13.0 Å². The zero-order valence-electron chi connectivity index (χ0n) is 15.8. The highest BCUT2D eigenvalue weighted by Crippen LogP contribution is 2.35. The third-order valence-electron chi connectivity index (χ3n) is 4.65. The van der Waals surface area contributed by atoms with E-state index >= 15 is 0 Å². The lowest BCUT2D eigenvalue weighted by Gasteiger charge is -2.15. The van der Waals surface area contributed by atoms with Crippen molar-refractivity contribution in [1.29, 1.82) is 0 Å². The lowest BCUT2D eigenvalue weighted by atomic mass is 10.1. The Morgan fingerprint density at radius 2 is 2.00 bits per heavy atom. The van der Waals surface area contributed by atoms with Crippen LogP contribution in [0.1, 0.15) is 16.1 Å². The molecule has 0 bridgehead atoms. The predicted octanol–water partition coefficient (Wildman–Crippen LogP) is 4.95. The summed E-state index contributed by atoms with van der Waals surface area (Å²) in [5, 5.41) is 10.4. The van der Waals surface area contributed by atoms with Gasteiger partial charge in [-0.2, -0.15) is 0 Å². The molecular weight excluding hydrogens is 431 g/mol. The number of amides is 1. The first-order valence-electron chi connectivity index (χ1n) is 9.02. The minimum absolute atomic E-state index is 0.0191. The fraction of sp³-hybridized carbons (Fsp3) is 0.190. The lowest BCUT2D eigenvalue weighted by molar-refractivity contribution is 0.0690. The summed E-state index contributed by atoms with van der Waals surface area (Å²) in [5.74, 6) is -0.986. The number of hydrogen-bond acceptors (Lipinski definition) is 5. The van der Waals surface area contributed by atoms with Gasteiger partial charge in [-0.1, -0.05) is 40.9 Å². The maximum Gasteiger partial charge on any atom is 0.414 e. The number of carbonyl (C=O) groups excluding carboxylic acids is 1. The highest BCUT2D eigenvalue weighted by atomic mass is 35.5. The molecule has 1 unspecified atom stereocenters. The molecule has 2 aromatic carbocycles. The van der Waals surface area contributed by atoms with Crippen molar-refractivity contribution in [3.63, 3.8) is 0 Å². The maximum absolute atomic E-state index is 12.3. The highest BCUT2D eigenvalue weighted by Gasteiger charge is 2.33. The minimum Gasteiger partial charge on any atom is -0.489 e. The van der Waals surface area contributed by atoms with E-state index in [0.29, 0.717) is 22.5 Å². The molecule has 1 saturated heterocycles. The Morgan fingerprint density at radius 3 is 2.70 bits per heavy atom. The van der Waals surface area contributed by atoms with Gasteiger partial charge >= 0.3 is 12.1 Å². The molecule has 2 heterocycles. The van der Waals surface area contributed by atoms with E-state index in [0.717, 1.165) is 11.3 Å². The van der Waals surface area contributed by atoms with Crippen molar-refractivity contribution in [2.24, 2.45) is 0 Å². The summed E-state index contributed by atoms with van der Waals surface area (Å²) >= 11 is 12.3. The first kappa shape index (κ1) is 20.3. The van der Waals surface area contributed by atoms with Crippen LogP contribution in [0.4, 0.5) is 10.5 Å². The minimum atomic E-state index is -1.21. The quantitative estimate of drug-likeness (QED) is 0.595. The molecule has 1 N–H and O–H groups in total. The number of hydrogen-bond donors (Lipinski definition) is 1. The largest absolute Gasteiger partial charge is 0.489 e. The Balaban J connectivity index is 1.57. The summed E-state index contributed by atoms with van der Waals surface area (Å²) < 4.78 is 11.2. The van der Waals surface area contributed by atoms with Gasteiger partial charge in [0, 0.05) is 16.8 Å². The Hall–Kier alpha value is -3.03. The summed E-state index contributed by atoms with van der Waals surface area (Å²) in [6, 6.07) is 11.8. The van der Waals surface area contributed by atoms with Gasteiger partial charge in [0.05, 0.1) is 22.5 Å². The second kappa shape index (κ2) is 8.01. The van der Waals surface area contributed by atoms with Crippen LogP contribution in [0.2, 0.25) is 10.0 Å². The number of pyridine rings is 1. The maximum atomic E-state index is 12.3. The Labute approximate surface area is 181 Å². The molecule has 154 valence electrons. The number of rotatable bonds is 5. The summed E-state index contributed by atoms with van der Waals surface area (Å²) in [6.07, 6.45) is -1.01. The number of fused-ring (bicyclic) bond motifs is 1. The molecule has 0 saturated carbocycles. The number of carbonyl (C=O) groups is 2. The second-order valence-electron chi connectivity index (χ2n) is 6.86. The van der Waals surface area contributed by atoms with E-state index in [4.69, 9.17) is 32.7 Å². The molecule has 0 radical (unpaired) electrons. The van der Waals surface area contributed by atoms with Crippen LogP contribution in [0.15, 0.2) is 42.5 Å². The van der Waals surface area contributed by atoms with E-state index < -0.39 is 18.2 Å². The second-order valence-corrected chi connectivity index (χ2v) is 7.70. The fourth-order valence-corrected chi connectivity index (χ4v) is 3.78. The Bertz CT molecular complexity index is 1150. The number of carboxylic acid groups (broad SMARTS) is 1. The number of nitrogens with zero attached hydrogens (tertiary/aromatic N) is 2. The smallest absolute Gasteiger partial charge is 0.414 e. The zero-order valence-corrected chi connectivity index (χ0v) is 17.3. The first-order chi connectivity index (χ1) is 14.3. The third-order valence-corrected chi connectivity index (χ3v) is 5.17. The van der Waals surface area contributed by atoms with E-state index in [1.165, 1.54) is 23.1 Å². The van der Waals surface area contributed by atoms with Gasteiger partial charge in [-0.3, -0.25) is 4.90 Å². The Kier molecular flexibility index (Phi) is 5.40. The zero-order chi connectivity index (χ0) is 21.4. The van der Waals surface area contributed by atoms with Crippen LogP contribution >= 0.6 is 23.2 Å². The van der Waals surface area contributed by atoms with Gasteiger partial charge in [0.25, 0.3) is 0 Å². The number of aromatic carboxylic acids is 1. The normalized spacial score (nSPS) is 16.0. The molecule has 1 aromatic heterocycles. The summed E-state index contributed by atoms with van der Waals surface area (Å²) in [6.45, 7) is 2.28. The number of cyclic esters (lactones) is 1. The molecule has 1 amide bonds. The van der Waals surface area contributed by atoms with Crippen LogP contribution in [0.5, 0.6) is 5.75 Å². The summed E-state index contributed by atoms with van der Waals surface area (Å²) in [5.41, 5.74) is 1.91. The molecular formula is C21H16Cl2N2O5. The number of carboxylic acids is 1. The predicted molar refractivity (Wildman–Crippen MR) is 113 cm³/mol. The number of anilines is 1. The van der Waals surface area contributed by atoms with Gasteiger partial charge in [0.2, 0.25) is 0 Å². The molecule has 30 heavy (non-hydrogen) atoms. The van der Waals surface area contributed by atoms with Crippen LogP contribution in [-0.4, -0.2) is 41.4 Å². The molecule has 7 nitrogen and oxygen atoms in total. The first-order valence-corrected chi connectivity index (χ1v) is 9.78. The van der Waals surface area contributed by atoms with Crippen molar-refractivity contribution in [3.05, 3.63) is 63.8 Å². The van der Waals surface area contributed by atoms with Gasteiger partial charge in [0.1, 0.15) is 12.4 Å². The number of benzene rings is 2. The highest BCUT2D eigenvalue weighted by molar-refractivity contribution is 6.39. The molecule has 4 rings (SSSR count). The van der Waals surface area contributed by atoms with E-state index in [2.05, 4.69) is 4.98 Å². The van der Waals surface area contributed by atoms with Crippen LogP contribution in [-0.2, 0) is 4.74 Å². The Morgan fingerprint density at radius 1 is 1.27 bits per heavy atom. The third kappa shape index (κ3) is 3.99. The molecule has 3 aromatic rings. The van der Waals surface area contributed by atoms with Gasteiger partial charge in [-0.15, -0.1) is 0 Å². The van der Waals surface area contributed by atoms with Crippen molar-refractivity contribution in [3.8, 4) is 5.75 Å². The molecule has 0 aliphatic carbocycles. The SMILES string of the molecule is Cc1ccc(N2CC(COc3cc(C(=O)O)nc4cc(Cl)cc(Cl)c34)OC2=O)cc1. The van der Waals surface area contributed by atoms with Gasteiger partial charge in [0.15, 0.2) is 11.8 Å². The summed E-state index contributed by atoms with van der Waals surface area (Å²) in [7, 11) is 0. The monoisotopic (exact) mass is 446 g/mol. The number of halogens is 2. The van der Waals surface area contributed by atoms with Crippen LogP contribution < -0.4 is 9.64 Å². The van der Waals surface area contributed by atoms with Crippen molar-refractivity contribution < 1.29 is 24.2 Å². The molecule has 1 aliphatic rings. The lowest BCUT2D eigenvalue weighted by Crippen LogP contribution is -2.26. The fourth-order valence-electron chi connectivity index (χ4n) is 3.20. The average molecular weight is 447 g/mol. The molecule has 1 atom stereocenters. The molecule has 9 heteroatoms. The van der Waals surface area contributed by atoms with Crippen LogP contribution in [0, 0.1) is 6.92 Å². The number of aromatic nitrogens is 1. The van der Waals surface area contributed by atoms with Crippen LogP contribution in [0.3, 0.4) is 0 Å². The summed E-state index contributed by atoms with van der Waals surface area (Å²) in [4.78, 5) is 29.3. The van der Waals surface area contributed by atoms with E-state index in [1.807, 2.05) is 31.2 Å². The van der Waals surface area contributed by atoms with E-state index in [9.17, 15) is 14.7 Å². The molecule has 1 aliphatic heterocycles.